The number of hydrogen-bond acceptors (Lipinski definition) is 4. The van der Waals surface area contributed by atoms with E-state index in [1.165, 1.54) is 0 Å². The second-order valence-electron chi connectivity index (χ2n) is 5.42. The molecule has 1 aliphatic heterocycles. The molecule has 0 spiro atoms. The molecule has 1 atom stereocenters. The maximum atomic E-state index is 11.2. The van der Waals surface area contributed by atoms with Crippen LogP contribution >= 0.6 is 0 Å². The number of nitrogens with zero attached hydrogens (tertiary/aromatic N) is 1. The van der Waals surface area contributed by atoms with Gasteiger partial charge in [-0.05, 0) is 18.6 Å². The molecule has 0 saturated heterocycles. The van der Waals surface area contributed by atoms with Crippen LogP contribution in [0, 0.1) is 6.92 Å². The number of aliphatic carboxylic acids is 1. The van der Waals surface area contributed by atoms with Crippen molar-refractivity contribution in [1.82, 2.24) is 5.16 Å². The summed E-state index contributed by atoms with van der Waals surface area (Å²) in [5.74, 6) is -0.359. The van der Waals surface area contributed by atoms with Crippen LogP contribution in [0.4, 0.5) is 0 Å². The summed E-state index contributed by atoms with van der Waals surface area (Å²) in [5.41, 5.74) is 4.03. The summed E-state index contributed by atoms with van der Waals surface area (Å²) in [4.78, 5) is 11.2. The van der Waals surface area contributed by atoms with Crippen molar-refractivity contribution in [1.29, 1.82) is 0 Å². The van der Waals surface area contributed by atoms with Crippen molar-refractivity contribution in [3.05, 3.63) is 47.5 Å². The number of carbonyl (C=O) groups is 1. The van der Waals surface area contributed by atoms with E-state index in [4.69, 9.17) is 14.4 Å². The molecule has 0 aliphatic carbocycles. The minimum Gasteiger partial charge on any atom is -0.478 e. The van der Waals surface area contributed by atoms with Gasteiger partial charge in [-0.2, -0.15) is 0 Å². The van der Waals surface area contributed by atoms with Crippen LogP contribution < -0.4 is 4.74 Å². The van der Waals surface area contributed by atoms with Crippen molar-refractivity contribution < 1.29 is 19.2 Å². The van der Waals surface area contributed by atoms with Crippen molar-refractivity contribution >= 4 is 16.9 Å². The van der Waals surface area contributed by atoms with E-state index in [1.54, 1.807) is 0 Å². The van der Waals surface area contributed by atoms with Gasteiger partial charge in [-0.1, -0.05) is 35.5 Å². The number of benzene rings is 2. The smallest absolute Gasteiger partial charge is 0.345 e. The van der Waals surface area contributed by atoms with E-state index in [-0.39, 0.29) is 0 Å². The Kier molecular flexibility index (Phi) is 2.69. The summed E-state index contributed by atoms with van der Waals surface area (Å²) in [6.07, 6.45) is -0.559. The van der Waals surface area contributed by atoms with Crippen LogP contribution in [0.5, 0.6) is 5.75 Å². The zero-order valence-corrected chi connectivity index (χ0v) is 11.9. The largest absolute Gasteiger partial charge is 0.478 e. The average molecular weight is 295 g/mol. The molecule has 0 bridgehead atoms. The van der Waals surface area contributed by atoms with Gasteiger partial charge in [0.25, 0.3) is 0 Å². The number of ether oxygens (including phenoxy) is 1. The Hall–Kier alpha value is -2.82. The number of carboxylic acids is 1. The number of aryl methyl sites for hydroxylation is 1. The fourth-order valence-electron chi connectivity index (χ4n) is 2.93. The zero-order chi connectivity index (χ0) is 15.3. The standard InChI is InChI=1S/C17H13NO4/c1-9-7-11-14(10-5-3-2-4-6-10)18-22-16(11)12-8-13(17(19)20)21-15(9)12/h2-7,13H,8H2,1H3,(H,19,20). The summed E-state index contributed by atoms with van der Waals surface area (Å²) in [7, 11) is 0. The van der Waals surface area contributed by atoms with Gasteiger partial charge in [-0.25, -0.2) is 4.79 Å². The minimum atomic E-state index is -0.966. The van der Waals surface area contributed by atoms with E-state index in [0.29, 0.717) is 17.8 Å². The van der Waals surface area contributed by atoms with Crippen LogP contribution in [0.1, 0.15) is 11.1 Å². The Balaban J connectivity index is 1.92. The Labute approximate surface area is 126 Å². The molecule has 1 aliphatic rings. The first kappa shape index (κ1) is 12.9. The second kappa shape index (κ2) is 4.59. The summed E-state index contributed by atoms with van der Waals surface area (Å²) in [6, 6.07) is 11.7. The molecule has 110 valence electrons. The van der Waals surface area contributed by atoms with E-state index in [2.05, 4.69) is 5.16 Å². The van der Waals surface area contributed by atoms with Crippen molar-refractivity contribution in [3.8, 4) is 17.0 Å². The van der Waals surface area contributed by atoms with Gasteiger partial charge in [0.15, 0.2) is 11.7 Å². The Morgan fingerprint density at radius 1 is 1.32 bits per heavy atom. The van der Waals surface area contributed by atoms with Crippen LogP contribution in [-0.2, 0) is 11.2 Å². The predicted octanol–water partition coefficient (Wildman–Crippen LogP) is 3.19. The molecule has 3 aromatic rings. The van der Waals surface area contributed by atoms with Gasteiger partial charge in [0.2, 0.25) is 0 Å². The van der Waals surface area contributed by atoms with Crippen LogP contribution in [-0.4, -0.2) is 22.3 Å². The quantitative estimate of drug-likeness (QED) is 0.786. The molecule has 0 fully saturated rings. The minimum absolute atomic E-state index is 0.298. The first-order valence-electron chi connectivity index (χ1n) is 7.02. The van der Waals surface area contributed by atoms with Gasteiger partial charge < -0.3 is 14.4 Å². The van der Waals surface area contributed by atoms with Gasteiger partial charge in [0, 0.05) is 17.5 Å². The highest BCUT2D eigenvalue weighted by molar-refractivity contribution is 5.96. The molecule has 22 heavy (non-hydrogen) atoms. The monoisotopic (exact) mass is 295 g/mol. The number of hydrogen-bond donors (Lipinski definition) is 1. The summed E-state index contributed by atoms with van der Waals surface area (Å²) >= 11 is 0. The molecule has 0 amide bonds. The van der Waals surface area contributed by atoms with Crippen LogP contribution in [0.25, 0.3) is 22.2 Å². The lowest BCUT2D eigenvalue weighted by atomic mass is 10.0. The fourth-order valence-corrected chi connectivity index (χ4v) is 2.93. The highest BCUT2D eigenvalue weighted by Gasteiger charge is 2.33. The average Bonchev–Trinajstić information content (AvgIpc) is 3.12. The van der Waals surface area contributed by atoms with Crippen LogP contribution in [0.2, 0.25) is 0 Å². The number of fused-ring (bicyclic) bond motifs is 3. The summed E-state index contributed by atoms with van der Waals surface area (Å²) < 4.78 is 11.0. The third kappa shape index (κ3) is 1.79. The number of aromatic nitrogens is 1. The Morgan fingerprint density at radius 2 is 2.09 bits per heavy atom. The van der Waals surface area contributed by atoms with E-state index in [9.17, 15) is 4.79 Å². The summed E-state index contributed by atoms with van der Waals surface area (Å²) in [5, 5.41) is 14.2. The lowest BCUT2D eigenvalue weighted by molar-refractivity contribution is -0.144. The van der Waals surface area contributed by atoms with Crippen molar-refractivity contribution in [3.63, 3.8) is 0 Å². The second-order valence-corrected chi connectivity index (χ2v) is 5.42. The fraction of sp³-hybridized carbons (Fsp3) is 0.176. The van der Waals surface area contributed by atoms with Gasteiger partial charge in [0.05, 0.1) is 5.39 Å². The van der Waals surface area contributed by atoms with Gasteiger partial charge in [-0.15, -0.1) is 0 Å². The van der Waals surface area contributed by atoms with Crippen LogP contribution in [0.3, 0.4) is 0 Å². The maximum Gasteiger partial charge on any atom is 0.345 e. The Morgan fingerprint density at radius 3 is 2.82 bits per heavy atom. The lowest BCUT2D eigenvalue weighted by Gasteiger charge is -2.06. The lowest BCUT2D eigenvalue weighted by Crippen LogP contribution is -2.24. The highest BCUT2D eigenvalue weighted by Crippen LogP contribution is 2.41. The normalized spacial score (nSPS) is 16.5. The van der Waals surface area contributed by atoms with E-state index in [1.807, 2.05) is 43.3 Å². The molecule has 2 aromatic carbocycles. The summed E-state index contributed by atoms with van der Waals surface area (Å²) in [6.45, 7) is 1.91. The van der Waals surface area contributed by atoms with E-state index >= 15 is 0 Å². The zero-order valence-electron chi connectivity index (χ0n) is 11.9. The van der Waals surface area contributed by atoms with E-state index in [0.717, 1.165) is 27.8 Å². The third-order valence-corrected chi connectivity index (χ3v) is 3.97. The van der Waals surface area contributed by atoms with Crippen LogP contribution in [0.15, 0.2) is 40.9 Å². The van der Waals surface area contributed by atoms with Gasteiger partial charge >= 0.3 is 5.97 Å². The van der Waals surface area contributed by atoms with Crippen molar-refractivity contribution in [2.75, 3.05) is 0 Å². The predicted molar refractivity (Wildman–Crippen MR) is 79.9 cm³/mol. The molecular weight excluding hydrogens is 282 g/mol. The Bertz CT molecular complexity index is 883. The molecule has 5 heteroatoms. The molecule has 1 unspecified atom stereocenters. The molecule has 1 aromatic heterocycles. The molecule has 0 radical (unpaired) electrons. The van der Waals surface area contributed by atoms with Crippen molar-refractivity contribution in [2.24, 2.45) is 0 Å². The van der Waals surface area contributed by atoms with Gasteiger partial charge in [-0.3, -0.25) is 0 Å². The SMILES string of the molecule is Cc1cc2c(-c3ccccc3)noc2c2c1OC(C(=O)O)C2. The third-order valence-electron chi connectivity index (χ3n) is 3.97. The first-order chi connectivity index (χ1) is 10.6. The molecule has 0 saturated carbocycles. The maximum absolute atomic E-state index is 11.2. The first-order valence-corrected chi connectivity index (χ1v) is 7.02. The highest BCUT2D eigenvalue weighted by atomic mass is 16.5. The van der Waals surface area contributed by atoms with E-state index < -0.39 is 12.1 Å². The molecule has 2 heterocycles. The molecule has 1 N–H and O–H groups in total. The number of carboxylic acid groups (broad SMARTS) is 1. The molecule has 5 nitrogen and oxygen atoms in total. The van der Waals surface area contributed by atoms with Gasteiger partial charge in [0.1, 0.15) is 11.4 Å². The molecule has 4 rings (SSSR count). The topological polar surface area (TPSA) is 72.6 Å². The van der Waals surface area contributed by atoms with Crippen molar-refractivity contribution in [2.45, 2.75) is 19.4 Å². The number of rotatable bonds is 2. The molecular formula is C17H13NO4.